The number of hydrogen-bond donors (Lipinski definition) is 1. The number of aromatic nitrogens is 1. The summed E-state index contributed by atoms with van der Waals surface area (Å²) in [7, 11) is 0. The third-order valence-corrected chi connectivity index (χ3v) is 2.02. The van der Waals surface area contributed by atoms with Crippen molar-refractivity contribution < 1.29 is 23.4 Å². The number of ether oxygens (including phenoxy) is 1. The van der Waals surface area contributed by atoms with Crippen molar-refractivity contribution >= 4 is 5.97 Å². The van der Waals surface area contributed by atoms with Gasteiger partial charge in [0, 0.05) is 30.5 Å². The summed E-state index contributed by atoms with van der Waals surface area (Å²) in [6.07, 6.45) is 1.23. The van der Waals surface area contributed by atoms with Crippen LogP contribution in [0, 0.1) is 11.6 Å². The molecule has 0 aliphatic heterocycles. The summed E-state index contributed by atoms with van der Waals surface area (Å²) >= 11 is 0. The van der Waals surface area contributed by atoms with Crippen LogP contribution in [0.3, 0.4) is 0 Å². The number of benzene rings is 1. The Bertz CT molecular complexity index is 581. The molecule has 0 atom stereocenters. The van der Waals surface area contributed by atoms with Crippen LogP contribution in [0.2, 0.25) is 0 Å². The minimum absolute atomic E-state index is 0.0601. The van der Waals surface area contributed by atoms with Crippen molar-refractivity contribution in [1.29, 1.82) is 0 Å². The molecular weight excluding hydrogens is 244 g/mol. The molecule has 0 saturated heterocycles. The largest absolute Gasteiger partial charge is 0.477 e. The molecule has 0 aliphatic carbocycles. The van der Waals surface area contributed by atoms with Gasteiger partial charge in [0.25, 0.3) is 0 Å². The molecule has 0 amide bonds. The molecule has 0 spiro atoms. The molecule has 1 aromatic carbocycles. The van der Waals surface area contributed by atoms with Crippen LogP contribution in [0.25, 0.3) is 0 Å². The van der Waals surface area contributed by atoms with Crippen LogP contribution in [0.4, 0.5) is 8.78 Å². The average Bonchev–Trinajstić information content (AvgIpc) is 2.27. The van der Waals surface area contributed by atoms with Crippen LogP contribution in [0.5, 0.6) is 11.5 Å². The Kier molecular flexibility index (Phi) is 3.18. The van der Waals surface area contributed by atoms with Crippen molar-refractivity contribution in [3.05, 3.63) is 53.9 Å². The predicted molar refractivity (Wildman–Crippen MR) is 57.6 cm³/mol. The van der Waals surface area contributed by atoms with Gasteiger partial charge in [0.05, 0.1) is 0 Å². The maximum absolute atomic E-state index is 12.9. The van der Waals surface area contributed by atoms with Gasteiger partial charge in [0.1, 0.15) is 23.1 Å². The topological polar surface area (TPSA) is 59.4 Å². The van der Waals surface area contributed by atoms with E-state index < -0.39 is 17.6 Å². The van der Waals surface area contributed by atoms with Crippen molar-refractivity contribution in [3.63, 3.8) is 0 Å². The van der Waals surface area contributed by atoms with Gasteiger partial charge in [-0.1, -0.05) is 0 Å². The lowest BCUT2D eigenvalue weighted by atomic mass is 10.3. The minimum Gasteiger partial charge on any atom is -0.477 e. The molecule has 0 unspecified atom stereocenters. The Morgan fingerprint density at radius 1 is 1.11 bits per heavy atom. The van der Waals surface area contributed by atoms with E-state index in [4.69, 9.17) is 9.84 Å². The quantitative estimate of drug-likeness (QED) is 0.911. The molecule has 0 aliphatic rings. The SMILES string of the molecule is O=C(O)c1cc(Oc2cc(F)cc(F)c2)ccn1. The molecule has 0 saturated carbocycles. The van der Waals surface area contributed by atoms with E-state index in [1.807, 2.05) is 0 Å². The fourth-order valence-corrected chi connectivity index (χ4v) is 1.32. The molecule has 18 heavy (non-hydrogen) atoms. The standard InChI is InChI=1S/C12H7F2NO3/c13-7-3-8(14)5-10(4-7)18-9-1-2-15-11(6-9)12(16)17/h1-6H,(H,16,17). The fourth-order valence-electron chi connectivity index (χ4n) is 1.32. The minimum atomic E-state index is -1.22. The van der Waals surface area contributed by atoms with Gasteiger partial charge in [-0.15, -0.1) is 0 Å². The lowest BCUT2D eigenvalue weighted by Crippen LogP contribution is -1.99. The first-order valence-corrected chi connectivity index (χ1v) is 4.88. The van der Waals surface area contributed by atoms with Gasteiger partial charge in [-0.3, -0.25) is 0 Å². The van der Waals surface area contributed by atoms with E-state index in [2.05, 4.69) is 4.98 Å². The number of nitrogens with zero attached hydrogens (tertiary/aromatic N) is 1. The Morgan fingerprint density at radius 3 is 2.39 bits per heavy atom. The van der Waals surface area contributed by atoms with Crippen molar-refractivity contribution in [1.82, 2.24) is 4.98 Å². The average molecular weight is 251 g/mol. The molecule has 0 fully saturated rings. The Hall–Kier alpha value is -2.50. The highest BCUT2D eigenvalue weighted by molar-refractivity contribution is 5.85. The van der Waals surface area contributed by atoms with E-state index in [9.17, 15) is 13.6 Å². The maximum atomic E-state index is 12.9. The molecule has 4 nitrogen and oxygen atoms in total. The fraction of sp³-hybridized carbons (Fsp3) is 0. The summed E-state index contributed by atoms with van der Waals surface area (Å²) in [4.78, 5) is 14.3. The van der Waals surface area contributed by atoms with Gasteiger partial charge < -0.3 is 9.84 Å². The van der Waals surface area contributed by atoms with E-state index in [1.54, 1.807) is 0 Å². The molecule has 1 aromatic heterocycles. The zero-order chi connectivity index (χ0) is 13.1. The van der Waals surface area contributed by atoms with Crippen molar-refractivity contribution in [2.75, 3.05) is 0 Å². The monoisotopic (exact) mass is 251 g/mol. The van der Waals surface area contributed by atoms with Crippen LogP contribution in [-0.2, 0) is 0 Å². The van der Waals surface area contributed by atoms with Crippen LogP contribution < -0.4 is 4.74 Å². The number of carbonyl (C=O) groups is 1. The number of carboxylic acid groups (broad SMARTS) is 1. The zero-order valence-corrected chi connectivity index (χ0v) is 8.93. The normalized spacial score (nSPS) is 10.1. The zero-order valence-electron chi connectivity index (χ0n) is 8.93. The summed E-state index contributed by atoms with van der Waals surface area (Å²) in [5.74, 6) is -2.71. The summed E-state index contributed by atoms with van der Waals surface area (Å²) in [5.41, 5.74) is -0.218. The van der Waals surface area contributed by atoms with Crippen molar-refractivity contribution in [3.8, 4) is 11.5 Å². The third-order valence-electron chi connectivity index (χ3n) is 2.02. The molecule has 2 aromatic rings. The number of hydrogen-bond acceptors (Lipinski definition) is 3. The number of halogens is 2. The van der Waals surface area contributed by atoms with Gasteiger partial charge in [-0.2, -0.15) is 0 Å². The summed E-state index contributed by atoms with van der Waals surface area (Å²) in [6.45, 7) is 0. The molecule has 1 heterocycles. The summed E-state index contributed by atoms with van der Waals surface area (Å²) in [6, 6.07) is 5.23. The van der Waals surface area contributed by atoms with Gasteiger partial charge in [-0.25, -0.2) is 18.6 Å². The van der Waals surface area contributed by atoms with E-state index in [-0.39, 0.29) is 17.2 Å². The van der Waals surface area contributed by atoms with Crippen LogP contribution in [0.15, 0.2) is 36.5 Å². The molecule has 1 N–H and O–H groups in total. The molecule has 6 heteroatoms. The second-order valence-corrected chi connectivity index (χ2v) is 3.39. The van der Waals surface area contributed by atoms with Gasteiger partial charge >= 0.3 is 5.97 Å². The van der Waals surface area contributed by atoms with Crippen molar-refractivity contribution in [2.45, 2.75) is 0 Å². The summed E-state index contributed by atoms with van der Waals surface area (Å²) < 4.78 is 31.0. The number of carboxylic acids is 1. The van der Waals surface area contributed by atoms with Crippen LogP contribution in [-0.4, -0.2) is 16.1 Å². The van der Waals surface area contributed by atoms with Crippen LogP contribution in [0.1, 0.15) is 10.5 Å². The van der Waals surface area contributed by atoms with Gasteiger partial charge in [0.2, 0.25) is 0 Å². The highest BCUT2D eigenvalue weighted by Gasteiger charge is 2.07. The molecule has 0 bridgehead atoms. The van der Waals surface area contributed by atoms with Gasteiger partial charge in [0.15, 0.2) is 5.69 Å². The third kappa shape index (κ3) is 2.79. The van der Waals surface area contributed by atoms with E-state index in [0.29, 0.717) is 6.07 Å². The second-order valence-electron chi connectivity index (χ2n) is 3.39. The van der Waals surface area contributed by atoms with Crippen molar-refractivity contribution in [2.24, 2.45) is 0 Å². The molecule has 92 valence electrons. The smallest absolute Gasteiger partial charge is 0.354 e. The molecule has 2 rings (SSSR count). The number of pyridine rings is 1. The Morgan fingerprint density at radius 2 is 1.78 bits per heavy atom. The van der Waals surface area contributed by atoms with E-state index in [0.717, 1.165) is 18.2 Å². The Balaban J connectivity index is 2.28. The van der Waals surface area contributed by atoms with Gasteiger partial charge in [-0.05, 0) is 6.07 Å². The lowest BCUT2D eigenvalue weighted by molar-refractivity contribution is 0.0690. The van der Waals surface area contributed by atoms with Crippen LogP contribution >= 0.6 is 0 Å². The predicted octanol–water partition coefficient (Wildman–Crippen LogP) is 2.85. The van der Waals surface area contributed by atoms with E-state index >= 15 is 0 Å². The summed E-state index contributed by atoms with van der Waals surface area (Å²) in [5, 5.41) is 8.73. The first-order chi connectivity index (χ1) is 8.54. The Labute approximate surface area is 100 Å². The lowest BCUT2D eigenvalue weighted by Gasteiger charge is -2.06. The highest BCUT2D eigenvalue weighted by Crippen LogP contribution is 2.23. The molecular formula is C12H7F2NO3. The first-order valence-electron chi connectivity index (χ1n) is 4.88. The molecule has 0 radical (unpaired) electrons. The highest BCUT2D eigenvalue weighted by atomic mass is 19.1. The number of rotatable bonds is 3. The first kappa shape index (κ1) is 12.0. The second kappa shape index (κ2) is 4.79. The maximum Gasteiger partial charge on any atom is 0.354 e. The van der Waals surface area contributed by atoms with E-state index in [1.165, 1.54) is 12.3 Å². The number of aromatic carboxylic acids is 1.